The molecule has 1 aromatic rings. The molecule has 0 unspecified atom stereocenters. The van der Waals surface area contributed by atoms with E-state index >= 15 is 0 Å². The number of para-hydroxylation sites is 1. The first-order valence-corrected chi connectivity index (χ1v) is 5.66. The summed E-state index contributed by atoms with van der Waals surface area (Å²) in [5.41, 5.74) is -0.197. The van der Waals surface area contributed by atoms with Crippen LogP contribution >= 0.6 is 0 Å². The van der Waals surface area contributed by atoms with Gasteiger partial charge >= 0.3 is 79.0 Å². The Hall–Kier alpha value is -0.645. The molecule has 5 heteroatoms. The number of nitro groups is 1. The molecule has 0 fully saturated rings. The van der Waals surface area contributed by atoms with Crippen LogP contribution in [-0.4, -0.2) is 10.0 Å². The van der Waals surface area contributed by atoms with Crippen molar-refractivity contribution in [2.75, 3.05) is 0 Å². The minimum atomic E-state index is -0.578. The van der Waals surface area contributed by atoms with Gasteiger partial charge in [-0.1, -0.05) is 0 Å². The molecule has 0 spiro atoms. The van der Waals surface area contributed by atoms with Gasteiger partial charge in [0.1, 0.15) is 0 Å². The molecule has 0 atom stereocenters. The molecule has 0 bridgehead atoms. The summed E-state index contributed by atoms with van der Waals surface area (Å²) in [5.74, 6) is -0.166. The molecule has 0 aromatic heterocycles. The van der Waals surface area contributed by atoms with Crippen LogP contribution in [0, 0.1) is 10.1 Å². The Morgan fingerprint density at radius 1 is 1.55 bits per heavy atom. The zero-order valence-electron chi connectivity index (χ0n) is 5.65. The molecule has 0 radical (unpaired) electrons. The summed E-state index contributed by atoms with van der Waals surface area (Å²) < 4.78 is 0.708. The summed E-state index contributed by atoms with van der Waals surface area (Å²) in [5, 5.41) is 19.4. The average molecular weight is 339 g/mol. The van der Waals surface area contributed by atoms with Crippen LogP contribution in [0.4, 0.5) is 5.69 Å². The Bertz CT molecular complexity index is 300. The quantitative estimate of drug-likeness (QED) is 0.460. The van der Waals surface area contributed by atoms with Gasteiger partial charge < -0.3 is 0 Å². The minimum absolute atomic E-state index is 0.166. The Morgan fingerprint density at radius 2 is 2.18 bits per heavy atom. The Kier molecular flexibility index (Phi) is 2.43. The Balaban J connectivity index is 3.27. The van der Waals surface area contributed by atoms with Crippen molar-refractivity contribution in [3.05, 3.63) is 28.3 Å². The van der Waals surface area contributed by atoms with Gasteiger partial charge in [0.15, 0.2) is 0 Å². The monoisotopic (exact) mass is 340 g/mol. The van der Waals surface area contributed by atoms with E-state index in [9.17, 15) is 15.2 Å². The first kappa shape index (κ1) is 8.45. The molecule has 0 saturated heterocycles. The van der Waals surface area contributed by atoms with Crippen LogP contribution < -0.4 is 3.07 Å². The number of nitrogens with zero attached hydrogens (tertiary/aromatic N) is 1. The van der Waals surface area contributed by atoms with Gasteiger partial charge in [0.05, 0.1) is 0 Å². The summed E-state index contributed by atoms with van der Waals surface area (Å²) in [6.07, 6.45) is 0. The van der Waals surface area contributed by atoms with E-state index in [4.69, 9.17) is 0 Å². The van der Waals surface area contributed by atoms with Gasteiger partial charge in [-0.15, -0.1) is 0 Å². The maximum atomic E-state index is 10.2. The van der Waals surface area contributed by atoms with Gasteiger partial charge in [-0.25, -0.2) is 0 Å². The van der Waals surface area contributed by atoms with Crippen LogP contribution in [0.25, 0.3) is 0 Å². The van der Waals surface area contributed by atoms with Gasteiger partial charge in [-0.05, 0) is 0 Å². The number of hydrogen-bond donors (Lipinski definition) is 1. The maximum absolute atomic E-state index is 10.2. The molecule has 1 N–H and O–H groups in total. The molecular formula is C6H4HgNO3. The third-order valence-electron chi connectivity index (χ3n) is 1.29. The first-order chi connectivity index (χ1) is 5.13. The van der Waals surface area contributed by atoms with E-state index in [2.05, 4.69) is 0 Å². The van der Waals surface area contributed by atoms with Crippen LogP contribution in [0.2, 0.25) is 0 Å². The number of hydrogen-bond acceptors (Lipinski definition) is 3. The van der Waals surface area contributed by atoms with Crippen LogP contribution in [0.15, 0.2) is 18.2 Å². The molecule has 0 amide bonds. The second-order valence-electron chi connectivity index (χ2n) is 2.04. The predicted octanol–water partition coefficient (Wildman–Crippen LogP) is 0.472. The summed E-state index contributed by atoms with van der Waals surface area (Å²) in [4.78, 5) is 9.66. The molecule has 4 nitrogen and oxygen atoms in total. The standard InChI is InChI=1S/C6H4NO3.Hg/c8-6-4-2-1-3-5(6)7(9)10;/h1-3,8H;. The molecular weight excluding hydrogens is 335 g/mol. The van der Waals surface area contributed by atoms with Crippen molar-refractivity contribution in [3.8, 4) is 5.75 Å². The van der Waals surface area contributed by atoms with Gasteiger partial charge in [-0.3, -0.25) is 0 Å². The zero-order valence-corrected chi connectivity index (χ0v) is 11.1. The van der Waals surface area contributed by atoms with Crippen molar-refractivity contribution in [1.29, 1.82) is 0 Å². The van der Waals surface area contributed by atoms with Gasteiger partial charge in [0.25, 0.3) is 0 Å². The number of benzene rings is 1. The number of rotatable bonds is 1. The molecule has 0 saturated carbocycles. The topological polar surface area (TPSA) is 63.4 Å². The fourth-order valence-electron chi connectivity index (χ4n) is 0.725. The van der Waals surface area contributed by atoms with Gasteiger partial charge in [0.2, 0.25) is 0 Å². The van der Waals surface area contributed by atoms with Gasteiger partial charge in [0, 0.05) is 0 Å². The molecule has 0 heterocycles. The Morgan fingerprint density at radius 3 is 2.64 bits per heavy atom. The van der Waals surface area contributed by atoms with Crippen molar-refractivity contribution in [2.45, 2.75) is 0 Å². The van der Waals surface area contributed by atoms with Crippen LogP contribution in [0.3, 0.4) is 0 Å². The second-order valence-corrected chi connectivity index (χ2v) is 5.00. The molecule has 0 aliphatic rings. The Labute approximate surface area is 79.0 Å². The number of phenolic OH excluding ortho intramolecular Hbond substituents is 1. The molecule has 0 aliphatic carbocycles. The SMILES string of the molecule is O=[N+]([O-])c1ccc[c]([Hg])c1O. The van der Waals surface area contributed by atoms with E-state index in [0.29, 0.717) is 3.07 Å². The van der Waals surface area contributed by atoms with E-state index in [-0.39, 0.29) is 37.6 Å². The fourth-order valence-corrected chi connectivity index (χ4v) is 1.96. The van der Waals surface area contributed by atoms with Crippen molar-refractivity contribution in [3.63, 3.8) is 0 Å². The van der Waals surface area contributed by atoms with Crippen LogP contribution in [0.1, 0.15) is 0 Å². The van der Waals surface area contributed by atoms with E-state index in [1.54, 1.807) is 12.1 Å². The van der Waals surface area contributed by atoms with Crippen molar-refractivity contribution in [1.82, 2.24) is 0 Å². The van der Waals surface area contributed by atoms with Crippen LogP contribution in [0.5, 0.6) is 5.75 Å². The predicted molar refractivity (Wildman–Crippen MR) is 34.4 cm³/mol. The summed E-state index contributed by atoms with van der Waals surface area (Å²) in [6, 6.07) is 4.58. The van der Waals surface area contributed by atoms with Gasteiger partial charge in [-0.2, -0.15) is 0 Å². The third kappa shape index (κ3) is 1.68. The fraction of sp³-hybridized carbons (Fsp3) is 0. The third-order valence-corrected chi connectivity index (χ3v) is 3.51. The van der Waals surface area contributed by atoms with Crippen molar-refractivity contribution >= 4 is 8.76 Å². The van der Waals surface area contributed by atoms with E-state index < -0.39 is 4.92 Å². The zero-order chi connectivity index (χ0) is 8.43. The summed E-state index contributed by atoms with van der Waals surface area (Å²) >= 11 is 0.217. The summed E-state index contributed by atoms with van der Waals surface area (Å²) in [6.45, 7) is 0. The number of nitro benzene ring substituents is 1. The van der Waals surface area contributed by atoms with Crippen LogP contribution in [-0.2, 0) is 26.1 Å². The number of aromatic hydroxyl groups is 1. The normalized spacial score (nSPS) is 9.64. The summed E-state index contributed by atoms with van der Waals surface area (Å²) in [7, 11) is 0. The van der Waals surface area contributed by atoms with E-state index in [0.717, 1.165) is 0 Å². The average Bonchev–Trinajstić information content (AvgIpc) is 1.94. The van der Waals surface area contributed by atoms with Crippen molar-refractivity contribution in [2.24, 2.45) is 0 Å². The first-order valence-electron chi connectivity index (χ1n) is 2.91. The van der Waals surface area contributed by atoms with E-state index in [1.807, 2.05) is 0 Å². The second kappa shape index (κ2) is 3.17. The molecule has 53 valence electrons. The van der Waals surface area contributed by atoms with Crippen molar-refractivity contribution < 1.29 is 36.2 Å². The molecule has 0 aliphatic heterocycles. The number of phenols is 1. The molecule has 1 rings (SSSR count). The molecule has 1 aromatic carbocycles. The van der Waals surface area contributed by atoms with E-state index in [1.165, 1.54) is 6.07 Å². The molecule has 11 heavy (non-hydrogen) atoms.